The van der Waals surface area contributed by atoms with Crippen LogP contribution in [-0.2, 0) is 0 Å². The van der Waals surface area contributed by atoms with E-state index in [0.717, 1.165) is 5.75 Å². The van der Waals surface area contributed by atoms with Crippen LogP contribution in [0.3, 0.4) is 0 Å². The van der Waals surface area contributed by atoms with Gasteiger partial charge >= 0.3 is 0 Å². The molecule has 0 spiro atoms. The topological polar surface area (TPSA) is 20.2 Å². The lowest BCUT2D eigenvalue weighted by molar-refractivity contribution is 0.125. The summed E-state index contributed by atoms with van der Waals surface area (Å²) in [5.41, 5.74) is 0. The fraction of sp³-hybridized carbons (Fsp3) is 1.00. The maximum Gasteiger partial charge on any atom is 0.0659 e. The molecule has 66 valence electrons. The van der Waals surface area contributed by atoms with Crippen LogP contribution >= 0.6 is 23.5 Å². The molecular formula is C8H16OS2. The van der Waals surface area contributed by atoms with Crippen molar-refractivity contribution in [3.8, 4) is 0 Å². The van der Waals surface area contributed by atoms with Crippen LogP contribution < -0.4 is 0 Å². The second kappa shape index (κ2) is 5.33. The normalized spacial score (nSPS) is 23.5. The van der Waals surface area contributed by atoms with E-state index < -0.39 is 0 Å². The van der Waals surface area contributed by atoms with Crippen molar-refractivity contribution in [1.82, 2.24) is 0 Å². The second-order valence-electron chi connectivity index (χ2n) is 2.97. The summed E-state index contributed by atoms with van der Waals surface area (Å²) in [5, 5.41) is 9.64. The van der Waals surface area contributed by atoms with Crippen LogP contribution in [0.2, 0.25) is 0 Å². The average molecular weight is 192 g/mol. The van der Waals surface area contributed by atoms with E-state index in [4.69, 9.17) is 0 Å². The van der Waals surface area contributed by atoms with Gasteiger partial charge in [0.25, 0.3) is 0 Å². The Labute approximate surface area is 77.3 Å². The first-order chi connectivity index (χ1) is 5.34. The summed E-state index contributed by atoms with van der Waals surface area (Å²) in [6.07, 6.45) is 4.44. The van der Waals surface area contributed by atoms with Crippen LogP contribution in [0.5, 0.6) is 0 Å². The van der Waals surface area contributed by atoms with E-state index in [9.17, 15) is 5.11 Å². The van der Waals surface area contributed by atoms with Crippen molar-refractivity contribution < 1.29 is 5.11 Å². The summed E-state index contributed by atoms with van der Waals surface area (Å²) in [7, 11) is 0. The molecule has 1 aliphatic heterocycles. The quantitative estimate of drug-likeness (QED) is 0.737. The van der Waals surface area contributed by atoms with Crippen LogP contribution in [0.25, 0.3) is 0 Å². The van der Waals surface area contributed by atoms with Crippen LogP contribution in [-0.4, -0.2) is 34.7 Å². The van der Waals surface area contributed by atoms with Crippen LogP contribution in [0.4, 0.5) is 0 Å². The highest BCUT2D eigenvalue weighted by atomic mass is 32.2. The highest BCUT2D eigenvalue weighted by Gasteiger charge is 2.20. The average Bonchev–Trinajstić information content (AvgIpc) is 2.07. The number of rotatable bonds is 3. The third kappa shape index (κ3) is 3.26. The minimum absolute atomic E-state index is 0.0501. The maximum atomic E-state index is 9.64. The highest BCUT2D eigenvalue weighted by molar-refractivity contribution is 7.99. The Hall–Kier alpha value is 0.660. The lowest BCUT2D eigenvalue weighted by Gasteiger charge is -2.25. The molecule has 3 heteroatoms. The molecule has 0 aliphatic carbocycles. The van der Waals surface area contributed by atoms with Crippen molar-refractivity contribution in [1.29, 1.82) is 0 Å². The molecule has 1 nitrogen and oxygen atoms in total. The molecule has 0 aromatic heterocycles. The Morgan fingerprint density at radius 3 is 2.73 bits per heavy atom. The fourth-order valence-corrected chi connectivity index (χ4v) is 3.16. The van der Waals surface area contributed by atoms with E-state index >= 15 is 0 Å². The van der Waals surface area contributed by atoms with Crippen molar-refractivity contribution in [3.63, 3.8) is 0 Å². The molecule has 0 saturated carbocycles. The minimum Gasteiger partial charge on any atom is -0.392 e. The first-order valence-electron chi connectivity index (χ1n) is 4.09. The Morgan fingerprint density at radius 2 is 2.18 bits per heavy atom. The van der Waals surface area contributed by atoms with E-state index in [0.29, 0.717) is 5.92 Å². The Morgan fingerprint density at radius 1 is 1.55 bits per heavy atom. The molecule has 1 heterocycles. The van der Waals surface area contributed by atoms with Gasteiger partial charge < -0.3 is 5.11 Å². The molecule has 0 aromatic carbocycles. The zero-order valence-electron chi connectivity index (χ0n) is 6.95. The summed E-state index contributed by atoms with van der Waals surface area (Å²) in [4.78, 5) is 0. The summed E-state index contributed by atoms with van der Waals surface area (Å²) >= 11 is 3.76. The van der Waals surface area contributed by atoms with Gasteiger partial charge in [-0.1, -0.05) is 0 Å². The predicted octanol–water partition coefficient (Wildman–Crippen LogP) is 1.85. The van der Waals surface area contributed by atoms with Crippen molar-refractivity contribution >= 4 is 23.5 Å². The molecule has 1 saturated heterocycles. The van der Waals surface area contributed by atoms with Gasteiger partial charge in [0.1, 0.15) is 0 Å². The van der Waals surface area contributed by atoms with E-state index in [1.165, 1.54) is 24.3 Å². The monoisotopic (exact) mass is 192 g/mol. The highest BCUT2D eigenvalue weighted by Crippen LogP contribution is 2.26. The molecule has 0 radical (unpaired) electrons. The van der Waals surface area contributed by atoms with Crippen molar-refractivity contribution in [2.24, 2.45) is 5.92 Å². The lowest BCUT2D eigenvalue weighted by Crippen LogP contribution is -2.26. The molecular weight excluding hydrogens is 176 g/mol. The zero-order chi connectivity index (χ0) is 8.10. The number of hydrogen-bond acceptors (Lipinski definition) is 3. The van der Waals surface area contributed by atoms with Gasteiger partial charge in [0, 0.05) is 5.75 Å². The van der Waals surface area contributed by atoms with Gasteiger partial charge in [-0.05, 0) is 36.5 Å². The first kappa shape index (κ1) is 9.75. The zero-order valence-corrected chi connectivity index (χ0v) is 8.59. The number of aliphatic hydroxyl groups is 1. The van der Waals surface area contributed by atoms with Gasteiger partial charge in [0.2, 0.25) is 0 Å². The molecule has 0 bridgehead atoms. The Balaban J connectivity index is 2.21. The standard InChI is InChI=1S/C8H16OS2/c1-10-6-8(9)7-2-4-11-5-3-7/h7-9H,2-6H2,1H3. The van der Waals surface area contributed by atoms with Gasteiger partial charge in [-0.2, -0.15) is 23.5 Å². The Kier molecular flexibility index (Phi) is 4.72. The molecule has 0 amide bonds. The molecule has 1 N–H and O–H groups in total. The van der Waals surface area contributed by atoms with Crippen LogP contribution in [0.1, 0.15) is 12.8 Å². The molecule has 1 atom stereocenters. The van der Waals surface area contributed by atoms with E-state index in [2.05, 4.69) is 6.26 Å². The largest absolute Gasteiger partial charge is 0.392 e. The van der Waals surface area contributed by atoms with Crippen molar-refractivity contribution in [3.05, 3.63) is 0 Å². The number of hydrogen-bond donors (Lipinski definition) is 1. The van der Waals surface area contributed by atoms with Gasteiger partial charge in [-0.3, -0.25) is 0 Å². The SMILES string of the molecule is CSCC(O)C1CCSCC1. The number of thioether (sulfide) groups is 2. The van der Waals surface area contributed by atoms with Crippen LogP contribution in [0.15, 0.2) is 0 Å². The van der Waals surface area contributed by atoms with Crippen LogP contribution in [0, 0.1) is 5.92 Å². The van der Waals surface area contributed by atoms with E-state index in [1.807, 2.05) is 11.8 Å². The summed E-state index contributed by atoms with van der Waals surface area (Å²) in [5.74, 6) is 3.99. The smallest absolute Gasteiger partial charge is 0.0659 e. The maximum absolute atomic E-state index is 9.64. The molecule has 1 rings (SSSR count). The summed E-state index contributed by atoms with van der Waals surface area (Å²) in [6, 6.07) is 0. The molecule has 1 aliphatic rings. The molecule has 1 fully saturated rings. The molecule has 1 unspecified atom stereocenters. The third-order valence-corrected chi connectivity index (χ3v) is 3.87. The Bertz CT molecular complexity index is 102. The van der Waals surface area contributed by atoms with Crippen molar-refractivity contribution in [2.45, 2.75) is 18.9 Å². The van der Waals surface area contributed by atoms with Crippen molar-refractivity contribution in [2.75, 3.05) is 23.5 Å². The van der Waals surface area contributed by atoms with E-state index in [-0.39, 0.29) is 6.10 Å². The number of aliphatic hydroxyl groups excluding tert-OH is 1. The molecule has 0 aromatic rings. The lowest BCUT2D eigenvalue weighted by atomic mass is 9.97. The first-order valence-corrected chi connectivity index (χ1v) is 6.64. The minimum atomic E-state index is -0.0501. The fourth-order valence-electron chi connectivity index (χ4n) is 1.41. The second-order valence-corrected chi connectivity index (χ2v) is 5.11. The third-order valence-electron chi connectivity index (χ3n) is 2.15. The van der Waals surface area contributed by atoms with Gasteiger partial charge in [-0.25, -0.2) is 0 Å². The van der Waals surface area contributed by atoms with Gasteiger partial charge in [-0.15, -0.1) is 0 Å². The summed E-state index contributed by atoms with van der Waals surface area (Å²) in [6.45, 7) is 0. The predicted molar refractivity (Wildman–Crippen MR) is 54.4 cm³/mol. The van der Waals surface area contributed by atoms with E-state index in [1.54, 1.807) is 11.8 Å². The van der Waals surface area contributed by atoms with Gasteiger partial charge in [0.05, 0.1) is 6.10 Å². The molecule has 11 heavy (non-hydrogen) atoms. The van der Waals surface area contributed by atoms with Gasteiger partial charge in [0.15, 0.2) is 0 Å². The summed E-state index contributed by atoms with van der Waals surface area (Å²) < 4.78 is 0.